The van der Waals surface area contributed by atoms with Crippen LogP contribution in [0, 0.1) is 5.92 Å². The van der Waals surface area contributed by atoms with Gasteiger partial charge in [0.1, 0.15) is 17.5 Å². The van der Waals surface area contributed by atoms with E-state index in [0.717, 1.165) is 28.0 Å². The zero-order valence-corrected chi connectivity index (χ0v) is 23.1. The summed E-state index contributed by atoms with van der Waals surface area (Å²) in [6.45, 7) is -1.12. The van der Waals surface area contributed by atoms with E-state index in [1.165, 1.54) is 0 Å². The van der Waals surface area contributed by atoms with Crippen LogP contribution < -0.4 is 14.9 Å². The number of thiazole rings is 1. The first-order chi connectivity index (χ1) is 18.1. The smallest absolute Gasteiger partial charge is 0.323 e. The molecule has 0 aliphatic carbocycles. The summed E-state index contributed by atoms with van der Waals surface area (Å²) in [4.78, 5) is 66.3. The lowest BCUT2D eigenvalue weighted by atomic mass is 9.82. The van der Waals surface area contributed by atoms with Crippen LogP contribution in [0.15, 0.2) is 56.8 Å². The molecule has 0 bridgehead atoms. The van der Waals surface area contributed by atoms with Crippen molar-refractivity contribution < 1.29 is 29.0 Å². The maximum Gasteiger partial charge on any atom is 0.323 e. The molecule has 196 valence electrons. The second-order valence-corrected chi connectivity index (χ2v) is 12.0. The summed E-state index contributed by atoms with van der Waals surface area (Å²) in [6, 6.07) is 11.6. The number of imide groups is 1. The molecule has 1 fully saturated rings. The summed E-state index contributed by atoms with van der Waals surface area (Å²) in [6.07, 6.45) is 0. The van der Waals surface area contributed by atoms with Crippen LogP contribution in [0.4, 0.5) is 5.69 Å². The number of H-pyrrole nitrogens is 1. The molecule has 38 heavy (non-hydrogen) atoms. The van der Waals surface area contributed by atoms with Gasteiger partial charge in [-0.3, -0.25) is 28.9 Å². The summed E-state index contributed by atoms with van der Waals surface area (Å²) in [5.74, 6) is -4.50. The number of halogens is 2. The number of amides is 3. The molecule has 1 saturated heterocycles. The highest BCUT2D eigenvalue weighted by Gasteiger charge is 2.56. The predicted octanol–water partition coefficient (Wildman–Crippen LogP) is 3.55. The molecule has 2 aliphatic heterocycles. The molecule has 0 radical (unpaired) electrons. The Morgan fingerprint density at radius 3 is 2.58 bits per heavy atom. The molecule has 3 atom stereocenters. The molecule has 3 amide bonds. The van der Waals surface area contributed by atoms with E-state index >= 15 is 0 Å². The Labute approximate surface area is 236 Å². The van der Waals surface area contributed by atoms with E-state index in [9.17, 15) is 29.1 Å². The molecule has 3 heterocycles. The van der Waals surface area contributed by atoms with E-state index in [4.69, 9.17) is 16.3 Å². The molecule has 2 aromatic carbocycles. The summed E-state index contributed by atoms with van der Waals surface area (Å²) >= 11 is 11.3. The number of carboxylic acids is 1. The van der Waals surface area contributed by atoms with Gasteiger partial charge in [0.25, 0.3) is 5.91 Å². The van der Waals surface area contributed by atoms with Crippen molar-refractivity contribution >= 4 is 80.0 Å². The monoisotopic (exact) mass is 637 g/mol. The normalized spacial score (nSPS) is 20.2. The van der Waals surface area contributed by atoms with E-state index in [0.29, 0.717) is 30.6 Å². The highest BCUT2D eigenvalue weighted by Crippen LogP contribution is 2.54. The van der Waals surface area contributed by atoms with Gasteiger partial charge in [-0.05, 0) is 42.5 Å². The lowest BCUT2D eigenvalue weighted by molar-refractivity contribution is -0.149. The average molecular weight is 639 g/mol. The van der Waals surface area contributed by atoms with Crippen LogP contribution in [-0.2, 0) is 19.2 Å². The Hall–Kier alpha value is -3.13. The zero-order valence-electron chi connectivity index (χ0n) is 19.1. The lowest BCUT2D eigenvalue weighted by Crippen LogP contribution is -2.36. The van der Waals surface area contributed by atoms with Crippen molar-refractivity contribution in [3.05, 3.63) is 72.1 Å². The average Bonchev–Trinajstić information content (AvgIpc) is 3.35. The Kier molecular flexibility index (Phi) is 7.36. The van der Waals surface area contributed by atoms with Crippen LogP contribution in [-0.4, -0.2) is 57.1 Å². The number of fused-ring (bicyclic) bond motifs is 2. The van der Waals surface area contributed by atoms with Crippen molar-refractivity contribution in [1.29, 1.82) is 0 Å². The van der Waals surface area contributed by atoms with Crippen LogP contribution >= 0.6 is 50.6 Å². The van der Waals surface area contributed by atoms with Gasteiger partial charge in [-0.15, -0.1) is 0 Å². The number of likely N-dealkylation sites (tertiary alicyclic amines) is 1. The largest absolute Gasteiger partial charge is 0.483 e. The standard InChI is InChI=1S/C24H17BrClN3O7S2/c25-10-1-6-14(36-9-15(30)27-12-4-2-11(26)3-5-12)13(7-10)17-18-20(37-21-19(17)38-24(35)28-21)23(34)29(22(18)33)8-16(31)32/h1-7,17-18,20H,8-9H2,(H,27,30)(H,28,35)(H,31,32)/t17-,18+,20-/m0/s1. The number of hydrogen-bond acceptors (Lipinski definition) is 8. The van der Waals surface area contributed by atoms with E-state index < -0.39 is 47.3 Å². The summed E-state index contributed by atoms with van der Waals surface area (Å²) < 4.78 is 6.52. The third-order valence-electron chi connectivity index (χ3n) is 6.00. The SMILES string of the molecule is O=C(O)CN1C(=O)[C@@H]2[C@H](c3cc(Br)ccc3OCC(=O)Nc3ccc(Cl)cc3)c3sc(=O)[nH]c3S[C@@H]2C1=O. The maximum atomic E-state index is 13.4. The molecule has 5 rings (SSSR count). The van der Waals surface area contributed by atoms with Gasteiger partial charge in [0, 0.05) is 31.5 Å². The molecule has 3 aromatic rings. The van der Waals surface area contributed by atoms with Crippen molar-refractivity contribution in [3.8, 4) is 5.75 Å². The molecule has 0 saturated carbocycles. The lowest BCUT2D eigenvalue weighted by Gasteiger charge is -2.31. The minimum Gasteiger partial charge on any atom is -0.483 e. The summed E-state index contributed by atoms with van der Waals surface area (Å²) in [7, 11) is 0. The number of benzene rings is 2. The van der Waals surface area contributed by atoms with E-state index in [-0.39, 0.29) is 17.2 Å². The van der Waals surface area contributed by atoms with E-state index in [1.807, 2.05) is 0 Å². The summed E-state index contributed by atoms with van der Waals surface area (Å²) in [5.41, 5.74) is 1.00. The number of aromatic amines is 1. The number of hydrogen-bond donors (Lipinski definition) is 3. The van der Waals surface area contributed by atoms with Gasteiger partial charge in [0.2, 0.25) is 11.8 Å². The number of carbonyl (C=O) groups excluding carboxylic acids is 3. The first-order valence-corrected chi connectivity index (χ1v) is 13.9. The van der Waals surface area contributed by atoms with Gasteiger partial charge >= 0.3 is 10.8 Å². The number of carbonyl (C=O) groups is 4. The van der Waals surface area contributed by atoms with E-state index in [2.05, 4.69) is 26.2 Å². The third kappa shape index (κ3) is 5.10. The quantitative estimate of drug-likeness (QED) is 0.333. The number of rotatable bonds is 7. The van der Waals surface area contributed by atoms with Crippen molar-refractivity contribution in [3.63, 3.8) is 0 Å². The van der Waals surface area contributed by atoms with Crippen LogP contribution in [0.2, 0.25) is 5.02 Å². The van der Waals surface area contributed by atoms with Crippen LogP contribution in [0.1, 0.15) is 16.4 Å². The minimum atomic E-state index is -1.31. The molecule has 14 heteroatoms. The Balaban J connectivity index is 1.49. The van der Waals surface area contributed by atoms with Gasteiger partial charge in [-0.1, -0.05) is 50.6 Å². The Bertz CT molecular complexity index is 1520. The number of ether oxygens (including phenoxy) is 1. The highest BCUT2D eigenvalue weighted by atomic mass is 79.9. The van der Waals surface area contributed by atoms with Crippen molar-refractivity contribution in [2.45, 2.75) is 16.2 Å². The minimum absolute atomic E-state index is 0.277. The fraction of sp³-hybridized carbons (Fsp3) is 0.208. The van der Waals surface area contributed by atoms with Crippen LogP contribution in [0.5, 0.6) is 5.75 Å². The van der Waals surface area contributed by atoms with Crippen LogP contribution in [0.3, 0.4) is 0 Å². The van der Waals surface area contributed by atoms with Gasteiger partial charge in [0.05, 0.1) is 10.9 Å². The van der Waals surface area contributed by atoms with Crippen molar-refractivity contribution in [2.75, 3.05) is 18.5 Å². The number of nitrogens with zero attached hydrogens (tertiary/aromatic N) is 1. The van der Waals surface area contributed by atoms with Crippen LogP contribution in [0.25, 0.3) is 0 Å². The van der Waals surface area contributed by atoms with Gasteiger partial charge in [-0.2, -0.15) is 0 Å². The molecular formula is C24H17BrClN3O7S2. The van der Waals surface area contributed by atoms with Gasteiger partial charge in [-0.25, -0.2) is 0 Å². The maximum absolute atomic E-state index is 13.4. The zero-order chi connectivity index (χ0) is 27.1. The number of aliphatic carboxylic acids is 1. The number of anilines is 1. The second kappa shape index (κ2) is 10.6. The Morgan fingerprint density at radius 1 is 1.13 bits per heavy atom. The summed E-state index contributed by atoms with van der Waals surface area (Å²) in [5, 5.41) is 12.0. The van der Waals surface area contributed by atoms with Gasteiger partial charge < -0.3 is 20.1 Å². The second-order valence-electron chi connectivity index (χ2n) is 8.43. The molecule has 0 spiro atoms. The first kappa shape index (κ1) is 26.5. The number of thioether (sulfide) groups is 1. The fourth-order valence-corrected chi connectivity index (χ4v) is 7.50. The molecule has 2 aliphatic rings. The molecule has 10 nitrogen and oxygen atoms in total. The topological polar surface area (TPSA) is 146 Å². The van der Waals surface area contributed by atoms with Gasteiger partial charge in [0.15, 0.2) is 6.61 Å². The number of carboxylic acid groups (broad SMARTS) is 1. The highest BCUT2D eigenvalue weighted by molar-refractivity contribution is 9.10. The van der Waals surface area contributed by atoms with E-state index in [1.54, 1.807) is 42.5 Å². The Morgan fingerprint density at radius 2 is 1.87 bits per heavy atom. The molecule has 0 unspecified atom stereocenters. The molecular weight excluding hydrogens is 622 g/mol. The third-order valence-corrected chi connectivity index (χ3v) is 9.15. The molecule has 1 aromatic heterocycles. The number of nitrogens with one attached hydrogen (secondary N) is 2. The van der Waals surface area contributed by atoms with Crippen molar-refractivity contribution in [2.24, 2.45) is 5.92 Å². The predicted molar refractivity (Wildman–Crippen MR) is 144 cm³/mol. The molecule has 3 N–H and O–H groups in total. The number of aromatic nitrogens is 1. The fourth-order valence-electron chi connectivity index (χ4n) is 4.47. The first-order valence-electron chi connectivity index (χ1n) is 11.1. The van der Waals surface area contributed by atoms with Crippen molar-refractivity contribution in [1.82, 2.24) is 9.88 Å².